The molecule has 1 aliphatic heterocycles. The molecule has 2 nitrogen and oxygen atoms in total. The molecule has 1 rings (SSSR count). The minimum atomic E-state index is 0.721. The summed E-state index contributed by atoms with van der Waals surface area (Å²) in [6.07, 6.45) is 3.76. The van der Waals surface area contributed by atoms with Gasteiger partial charge in [0.2, 0.25) is 6.54 Å². The predicted molar refractivity (Wildman–Crippen MR) is 46.3 cm³/mol. The Morgan fingerprint density at radius 3 is 3.09 bits per heavy atom. The molecule has 1 unspecified atom stereocenters. The largest absolute Gasteiger partial charge is 0.317 e. The van der Waals surface area contributed by atoms with Crippen LogP contribution in [0.4, 0.5) is 0 Å². The van der Waals surface area contributed by atoms with Gasteiger partial charge in [-0.15, -0.1) is 0 Å². The van der Waals surface area contributed by atoms with Crippen LogP contribution < -0.4 is 0 Å². The summed E-state index contributed by atoms with van der Waals surface area (Å²) in [7, 11) is 2.17. The van der Waals surface area contributed by atoms with Crippen molar-refractivity contribution < 1.29 is 0 Å². The number of hydrogen-bond acceptors (Lipinski definition) is 1. The molecule has 62 valence electrons. The molecule has 0 saturated carbocycles. The summed E-state index contributed by atoms with van der Waals surface area (Å²) in [5, 5.41) is 0. The van der Waals surface area contributed by atoms with Crippen molar-refractivity contribution in [3.8, 4) is 0 Å². The van der Waals surface area contributed by atoms with Gasteiger partial charge >= 0.3 is 0 Å². The lowest BCUT2D eigenvalue weighted by Gasteiger charge is -2.28. The first-order valence-electron chi connectivity index (χ1n) is 4.34. The summed E-state index contributed by atoms with van der Waals surface area (Å²) >= 11 is 0. The molecule has 1 saturated heterocycles. The highest BCUT2D eigenvalue weighted by Gasteiger charge is 2.17. The van der Waals surface area contributed by atoms with Gasteiger partial charge in [0.25, 0.3) is 0 Å². The average molecular weight is 152 g/mol. The second-order valence-electron chi connectivity index (χ2n) is 3.44. The first kappa shape index (κ1) is 8.55. The third kappa shape index (κ3) is 2.90. The van der Waals surface area contributed by atoms with Gasteiger partial charge in [-0.05, 0) is 32.4 Å². The Kier molecular flexibility index (Phi) is 3.38. The highest BCUT2D eigenvalue weighted by atomic mass is 15.1. The molecule has 0 aliphatic carbocycles. The zero-order valence-corrected chi connectivity index (χ0v) is 7.21. The van der Waals surface area contributed by atoms with Gasteiger partial charge in [0.05, 0.1) is 0 Å². The summed E-state index contributed by atoms with van der Waals surface area (Å²) in [6, 6.07) is 0. The number of piperidine rings is 1. The zero-order valence-electron chi connectivity index (χ0n) is 7.21. The summed E-state index contributed by atoms with van der Waals surface area (Å²) in [4.78, 5) is 5.76. The molecule has 2 heteroatoms. The van der Waals surface area contributed by atoms with Gasteiger partial charge in [-0.2, -0.15) is 0 Å². The van der Waals surface area contributed by atoms with E-state index in [4.69, 9.17) is 6.57 Å². The maximum Gasteiger partial charge on any atom is 0.215 e. The highest BCUT2D eigenvalue weighted by molar-refractivity contribution is 4.73. The zero-order chi connectivity index (χ0) is 8.10. The highest BCUT2D eigenvalue weighted by Crippen LogP contribution is 2.17. The van der Waals surface area contributed by atoms with E-state index in [0.29, 0.717) is 0 Å². The van der Waals surface area contributed by atoms with Crippen LogP contribution in [0.5, 0.6) is 0 Å². The third-order valence-corrected chi connectivity index (χ3v) is 2.37. The van der Waals surface area contributed by atoms with Gasteiger partial charge in [0.15, 0.2) is 0 Å². The van der Waals surface area contributed by atoms with E-state index in [9.17, 15) is 0 Å². The van der Waals surface area contributed by atoms with E-state index in [1.165, 1.54) is 25.9 Å². The smallest absolute Gasteiger partial charge is 0.215 e. The maximum absolute atomic E-state index is 6.68. The lowest BCUT2D eigenvalue weighted by molar-refractivity contribution is 0.205. The van der Waals surface area contributed by atoms with Crippen LogP contribution in [-0.4, -0.2) is 31.6 Å². The number of likely N-dealkylation sites (tertiary alicyclic amines) is 1. The molecule has 0 aromatic carbocycles. The standard InChI is InChI=1S/C9H16N2/c1-10-6-5-9-4-3-7-11(2)8-9/h9H,3-8H2,2H3. The number of rotatable bonds is 2. The second-order valence-corrected chi connectivity index (χ2v) is 3.44. The van der Waals surface area contributed by atoms with Crippen molar-refractivity contribution in [1.82, 2.24) is 4.90 Å². The van der Waals surface area contributed by atoms with Gasteiger partial charge in [-0.3, -0.25) is 0 Å². The topological polar surface area (TPSA) is 7.60 Å². The van der Waals surface area contributed by atoms with E-state index in [-0.39, 0.29) is 0 Å². The lowest BCUT2D eigenvalue weighted by Crippen LogP contribution is -2.32. The van der Waals surface area contributed by atoms with Crippen LogP contribution in [0.1, 0.15) is 19.3 Å². The molecule has 0 N–H and O–H groups in total. The molecular formula is C9H16N2. The average Bonchev–Trinajstić information content (AvgIpc) is 2.01. The van der Waals surface area contributed by atoms with E-state index in [1.54, 1.807) is 0 Å². The molecule has 0 radical (unpaired) electrons. The molecule has 0 bridgehead atoms. The molecule has 0 aromatic rings. The Bertz CT molecular complexity index is 148. The minimum absolute atomic E-state index is 0.721. The summed E-state index contributed by atoms with van der Waals surface area (Å²) in [5.74, 6) is 0.794. The lowest BCUT2D eigenvalue weighted by atomic mass is 9.95. The Balaban J connectivity index is 2.18. The number of nitrogens with zero attached hydrogens (tertiary/aromatic N) is 2. The predicted octanol–water partition coefficient (Wildman–Crippen LogP) is 1.64. The SMILES string of the molecule is [C-]#[N+]CCC1CCCN(C)C1. The molecular weight excluding hydrogens is 136 g/mol. The van der Waals surface area contributed by atoms with Gasteiger partial charge < -0.3 is 9.74 Å². The molecule has 0 aromatic heterocycles. The Morgan fingerprint density at radius 2 is 2.45 bits per heavy atom. The van der Waals surface area contributed by atoms with Crippen molar-refractivity contribution in [2.75, 3.05) is 26.7 Å². The molecule has 1 fully saturated rings. The van der Waals surface area contributed by atoms with Crippen molar-refractivity contribution in [3.05, 3.63) is 11.4 Å². The van der Waals surface area contributed by atoms with E-state index >= 15 is 0 Å². The van der Waals surface area contributed by atoms with E-state index in [1.807, 2.05) is 0 Å². The van der Waals surface area contributed by atoms with Gasteiger partial charge in [0, 0.05) is 13.0 Å². The summed E-state index contributed by atoms with van der Waals surface area (Å²) in [6.45, 7) is 9.85. The minimum Gasteiger partial charge on any atom is -0.317 e. The Labute approximate surface area is 69.0 Å². The molecule has 0 spiro atoms. The van der Waals surface area contributed by atoms with E-state index in [0.717, 1.165) is 18.9 Å². The molecule has 1 atom stereocenters. The van der Waals surface area contributed by atoms with Gasteiger partial charge in [-0.1, -0.05) is 0 Å². The fourth-order valence-corrected chi connectivity index (χ4v) is 1.76. The van der Waals surface area contributed by atoms with Crippen molar-refractivity contribution in [2.24, 2.45) is 5.92 Å². The van der Waals surface area contributed by atoms with E-state index < -0.39 is 0 Å². The molecule has 1 aliphatic rings. The van der Waals surface area contributed by atoms with E-state index in [2.05, 4.69) is 16.8 Å². The Hall–Kier alpha value is -0.550. The van der Waals surface area contributed by atoms with Crippen molar-refractivity contribution >= 4 is 0 Å². The first-order chi connectivity index (χ1) is 5.33. The van der Waals surface area contributed by atoms with Gasteiger partial charge in [-0.25, -0.2) is 6.57 Å². The summed E-state index contributed by atoms with van der Waals surface area (Å²) < 4.78 is 0. The van der Waals surface area contributed by atoms with Crippen molar-refractivity contribution in [2.45, 2.75) is 19.3 Å². The van der Waals surface area contributed by atoms with Crippen LogP contribution in [0.3, 0.4) is 0 Å². The van der Waals surface area contributed by atoms with Crippen LogP contribution in [0.25, 0.3) is 4.85 Å². The Morgan fingerprint density at radius 1 is 1.64 bits per heavy atom. The normalized spacial score (nSPS) is 26.4. The molecule has 1 heterocycles. The summed E-state index contributed by atoms with van der Waals surface area (Å²) in [5.41, 5.74) is 0. The maximum atomic E-state index is 6.68. The van der Waals surface area contributed by atoms with Crippen LogP contribution >= 0.6 is 0 Å². The first-order valence-corrected chi connectivity index (χ1v) is 4.34. The second kappa shape index (κ2) is 4.35. The molecule has 0 amide bonds. The fourth-order valence-electron chi connectivity index (χ4n) is 1.76. The fraction of sp³-hybridized carbons (Fsp3) is 0.889. The number of hydrogen-bond donors (Lipinski definition) is 0. The molecule has 11 heavy (non-hydrogen) atoms. The van der Waals surface area contributed by atoms with Crippen LogP contribution in [-0.2, 0) is 0 Å². The van der Waals surface area contributed by atoms with Crippen molar-refractivity contribution in [1.29, 1.82) is 0 Å². The van der Waals surface area contributed by atoms with Crippen LogP contribution in [0.15, 0.2) is 0 Å². The van der Waals surface area contributed by atoms with Crippen LogP contribution in [0.2, 0.25) is 0 Å². The monoisotopic (exact) mass is 152 g/mol. The quantitative estimate of drug-likeness (QED) is 0.546. The van der Waals surface area contributed by atoms with Gasteiger partial charge in [0.1, 0.15) is 0 Å². The van der Waals surface area contributed by atoms with Crippen LogP contribution in [0, 0.1) is 12.5 Å². The van der Waals surface area contributed by atoms with Crippen molar-refractivity contribution in [3.63, 3.8) is 0 Å². The third-order valence-electron chi connectivity index (χ3n) is 2.37.